The highest BCUT2D eigenvalue weighted by atomic mass is 16.3. The summed E-state index contributed by atoms with van der Waals surface area (Å²) in [5, 5.41) is 9.25. The van der Waals surface area contributed by atoms with E-state index in [9.17, 15) is 5.11 Å². The molecule has 0 aliphatic carbocycles. The van der Waals surface area contributed by atoms with Gasteiger partial charge in [-0.25, -0.2) is 0 Å². The third kappa shape index (κ3) is 3.28. The van der Waals surface area contributed by atoms with Gasteiger partial charge in [-0.05, 0) is 38.3 Å². The standard InChI is InChI=1S/C11H23NO/c1-4-11(3)5-7-12(8-6-11)9-10(2)13/h10,13H,4-9H2,1-3H3/t10-/m1/s1. The van der Waals surface area contributed by atoms with Crippen LogP contribution in [-0.2, 0) is 0 Å². The van der Waals surface area contributed by atoms with E-state index < -0.39 is 0 Å². The van der Waals surface area contributed by atoms with Gasteiger partial charge in [0.1, 0.15) is 0 Å². The summed E-state index contributed by atoms with van der Waals surface area (Å²) in [6, 6.07) is 0. The fourth-order valence-electron chi connectivity index (χ4n) is 2.00. The van der Waals surface area contributed by atoms with Crippen molar-refractivity contribution >= 4 is 0 Å². The maximum Gasteiger partial charge on any atom is 0.0639 e. The van der Waals surface area contributed by atoms with Gasteiger partial charge in [0.25, 0.3) is 0 Å². The Morgan fingerprint density at radius 3 is 2.31 bits per heavy atom. The normalized spacial score (nSPS) is 25.8. The second kappa shape index (κ2) is 4.43. The van der Waals surface area contributed by atoms with Crippen LogP contribution in [0, 0.1) is 5.41 Å². The second-order valence-corrected chi connectivity index (χ2v) is 4.81. The summed E-state index contributed by atoms with van der Waals surface area (Å²) in [4.78, 5) is 2.38. The molecule has 2 nitrogen and oxygen atoms in total. The maximum atomic E-state index is 9.25. The van der Waals surface area contributed by atoms with Crippen LogP contribution >= 0.6 is 0 Å². The van der Waals surface area contributed by atoms with Gasteiger partial charge in [-0.15, -0.1) is 0 Å². The molecule has 0 aromatic carbocycles. The minimum Gasteiger partial charge on any atom is -0.392 e. The lowest BCUT2D eigenvalue weighted by atomic mass is 9.78. The van der Waals surface area contributed by atoms with Gasteiger partial charge in [0.05, 0.1) is 6.10 Å². The van der Waals surface area contributed by atoms with Crippen molar-refractivity contribution in [2.75, 3.05) is 19.6 Å². The summed E-state index contributed by atoms with van der Waals surface area (Å²) in [6.07, 6.45) is 3.69. The smallest absolute Gasteiger partial charge is 0.0639 e. The van der Waals surface area contributed by atoms with Crippen LogP contribution in [0.4, 0.5) is 0 Å². The Morgan fingerprint density at radius 1 is 1.38 bits per heavy atom. The third-order valence-electron chi connectivity index (χ3n) is 3.44. The van der Waals surface area contributed by atoms with Gasteiger partial charge in [0, 0.05) is 6.54 Å². The Balaban J connectivity index is 2.30. The lowest BCUT2D eigenvalue weighted by Crippen LogP contribution is -2.41. The monoisotopic (exact) mass is 185 g/mol. The highest BCUT2D eigenvalue weighted by Crippen LogP contribution is 2.33. The van der Waals surface area contributed by atoms with Crippen molar-refractivity contribution in [2.24, 2.45) is 5.41 Å². The Bertz CT molecular complexity index is 148. The van der Waals surface area contributed by atoms with Gasteiger partial charge in [0.2, 0.25) is 0 Å². The Hall–Kier alpha value is -0.0800. The molecule has 1 fully saturated rings. The molecule has 0 amide bonds. The second-order valence-electron chi connectivity index (χ2n) is 4.81. The molecule has 1 atom stereocenters. The van der Waals surface area contributed by atoms with Gasteiger partial charge in [-0.3, -0.25) is 0 Å². The lowest BCUT2D eigenvalue weighted by Gasteiger charge is -2.39. The first-order chi connectivity index (χ1) is 6.06. The van der Waals surface area contributed by atoms with Crippen LogP contribution in [0.3, 0.4) is 0 Å². The third-order valence-corrected chi connectivity index (χ3v) is 3.44. The lowest BCUT2D eigenvalue weighted by molar-refractivity contribution is 0.0700. The van der Waals surface area contributed by atoms with Crippen LogP contribution in [0.25, 0.3) is 0 Å². The molecule has 0 radical (unpaired) electrons. The van der Waals surface area contributed by atoms with Crippen LogP contribution in [0.5, 0.6) is 0 Å². The summed E-state index contributed by atoms with van der Waals surface area (Å²) < 4.78 is 0. The molecule has 0 aromatic heterocycles. The molecule has 78 valence electrons. The number of aliphatic hydroxyl groups excluding tert-OH is 1. The van der Waals surface area contributed by atoms with Crippen LogP contribution in [0.15, 0.2) is 0 Å². The average molecular weight is 185 g/mol. The van der Waals surface area contributed by atoms with Gasteiger partial charge in [-0.1, -0.05) is 20.3 Å². The molecule has 13 heavy (non-hydrogen) atoms. The van der Waals surface area contributed by atoms with Crippen molar-refractivity contribution in [3.63, 3.8) is 0 Å². The average Bonchev–Trinajstić information content (AvgIpc) is 2.09. The van der Waals surface area contributed by atoms with Crippen molar-refractivity contribution in [1.29, 1.82) is 0 Å². The molecule has 0 spiro atoms. The maximum absolute atomic E-state index is 9.25. The van der Waals surface area contributed by atoms with Gasteiger partial charge >= 0.3 is 0 Å². The quantitative estimate of drug-likeness (QED) is 0.725. The fraction of sp³-hybridized carbons (Fsp3) is 1.00. The van der Waals surface area contributed by atoms with E-state index in [1.165, 1.54) is 19.3 Å². The zero-order valence-corrected chi connectivity index (χ0v) is 9.21. The molecule has 1 aliphatic rings. The predicted octanol–water partition coefficient (Wildman–Crippen LogP) is 1.88. The van der Waals surface area contributed by atoms with E-state index in [2.05, 4.69) is 18.7 Å². The predicted molar refractivity (Wildman–Crippen MR) is 55.8 cm³/mol. The number of piperidine rings is 1. The van der Waals surface area contributed by atoms with E-state index in [0.717, 1.165) is 19.6 Å². The van der Waals surface area contributed by atoms with Crippen molar-refractivity contribution < 1.29 is 5.11 Å². The zero-order valence-electron chi connectivity index (χ0n) is 9.21. The van der Waals surface area contributed by atoms with E-state index in [1.54, 1.807) is 0 Å². The summed E-state index contributed by atoms with van der Waals surface area (Å²) >= 11 is 0. The van der Waals surface area contributed by atoms with Crippen molar-refractivity contribution in [1.82, 2.24) is 4.90 Å². The number of nitrogens with zero attached hydrogens (tertiary/aromatic N) is 1. The van der Waals surface area contributed by atoms with Crippen LogP contribution in [-0.4, -0.2) is 35.7 Å². The summed E-state index contributed by atoms with van der Waals surface area (Å²) in [5.41, 5.74) is 0.565. The molecule has 0 unspecified atom stereocenters. The van der Waals surface area contributed by atoms with Gasteiger partial charge in [0.15, 0.2) is 0 Å². The van der Waals surface area contributed by atoms with E-state index in [4.69, 9.17) is 0 Å². The Kier molecular flexibility index (Phi) is 3.74. The van der Waals surface area contributed by atoms with Gasteiger partial charge < -0.3 is 10.0 Å². The molecule has 1 aliphatic heterocycles. The number of likely N-dealkylation sites (tertiary alicyclic amines) is 1. The molecule has 0 aromatic rings. The fourth-order valence-corrected chi connectivity index (χ4v) is 2.00. The zero-order chi connectivity index (χ0) is 9.90. The number of aliphatic hydroxyl groups is 1. The highest BCUT2D eigenvalue weighted by molar-refractivity contribution is 4.81. The van der Waals surface area contributed by atoms with Crippen LogP contribution in [0.2, 0.25) is 0 Å². The minimum absolute atomic E-state index is 0.175. The van der Waals surface area contributed by atoms with E-state index >= 15 is 0 Å². The molecule has 1 saturated heterocycles. The van der Waals surface area contributed by atoms with Crippen LogP contribution < -0.4 is 0 Å². The largest absolute Gasteiger partial charge is 0.392 e. The number of rotatable bonds is 3. The highest BCUT2D eigenvalue weighted by Gasteiger charge is 2.28. The number of hydrogen-bond acceptors (Lipinski definition) is 2. The Morgan fingerprint density at radius 2 is 1.92 bits per heavy atom. The van der Waals surface area contributed by atoms with Crippen molar-refractivity contribution in [3.8, 4) is 0 Å². The number of hydrogen-bond donors (Lipinski definition) is 1. The molecular weight excluding hydrogens is 162 g/mol. The first kappa shape index (κ1) is 11.0. The van der Waals surface area contributed by atoms with Crippen LogP contribution in [0.1, 0.15) is 40.0 Å². The van der Waals surface area contributed by atoms with E-state index in [1.807, 2.05) is 6.92 Å². The van der Waals surface area contributed by atoms with Crippen molar-refractivity contribution in [3.05, 3.63) is 0 Å². The van der Waals surface area contributed by atoms with Gasteiger partial charge in [-0.2, -0.15) is 0 Å². The SMILES string of the molecule is CCC1(C)CCN(C[C@@H](C)O)CC1. The molecule has 1 rings (SSSR count). The molecule has 0 saturated carbocycles. The van der Waals surface area contributed by atoms with E-state index in [-0.39, 0.29) is 6.10 Å². The summed E-state index contributed by atoms with van der Waals surface area (Å²) in [5.74, 6) is 0. The Labute approximate surface area is 81.9 Å². The number of β-amino-alcohol motifs (C(OH)–C–C–N with tert-alkyl or cyclic N) is 1. The summed E-state index contributed by atoms with van der Waals surface area (Å²) in [6.45, 7) is 9.70. The molecule has 0 bridgehead atoms. The minimum atomic E-state index is -0.175. The first-order valence-electron chi connectivity index (χ1n) is 5.46. The topological polar surface area (TPSA) is 23.5 Å². The van der Waals surface area contributed by atoms with Crippen molar-refractivity contribution in [2.45, 2.75) is 46.1 Å². The molecule has 2 heteroatoms. The molecule has 1 N–H and O–H groups in total. The van der Waals surface area contributed by atoms with E-state index in [0.29, 0.717) is 5.41 Å². The first-order valence-corrected chi connectivity index (χ1v) is 5.46. The molecule has 1 heterocycles. The summed E-state index contributed by atoms with van der Waals surface area (Å²) in [7, 11) is 0. The molecular formula is C11H23NO.